The SMILES string of the molecule is CSCCC(NC(=O)CNC(=O)c1ccco1)C(=O)O. The number of thioether (sulfide) groups is 1. The van der Waals surface area contributed by atoms with Crippen molar-refractivity contribution in [2.24, 2.45) is 0 Å². The van der Waals surface area contributed by atoms with Gasteiger partial charge < -0.3 is 20.2 Å². The summed E-state index contributed by atoms with van der Waals surface area (Å²) < 4.78 is 4.86. The zero-order chi connectivity index (χ0) is 15.0. The maximum atomic E-state index is 11.6. The fourth-order valence-corrected chi connectivity index (χ4v) is 1.87. The van der Waals surface area contributed by atoms with E-state index in [1.54, 1.807) is 6.07 Å². The van der Waals surface area contributed by atoms with Crippen LogP contribution in [0.15, 0.2) is 22.8 Å². The highest BCUT2D eigenvalue weighted by Gasteiger charge is 2.19. The number of aliphatic carboxylic acids is 1. The Bertz CT molecular complexity index is 460. The maximum Gasteiger partial charge on any atom is 0.326 e. The number of rotatable bonds is 8. The smallest absolute Gasteiger partial charge is 0.326 e. The average molecular weight is 300 g/mol. The Morgan fingerprint density at radius 3 is 2.75 bits per heavy atom. The van der Waals surface area contributed by atoms with Crippen LogP contribution in [0.4, 0.5) is 0 Å². The zero-order valence-electron chi connectivity index (χ0n) is 10.9. The van der Waals surface area contributed by atoms with Crippen molar-refractivity contribution in [2.75, 3.05) is 18.6 Å². The first-order valence-electron chi connectivity index (χ1n) is 5.87. The summed E-state index contributed by atoms with van der Waals surface area (Å²) in [6, 6.07) is 2.07. The molecule has 1 rings (SSSR count). The number of carbonyl (C=O) groups is 3. The third kappa shape index (κ3) is 5.35. The minimum absolute atomic E-state index is 0.0926. The van der Waals surface area contributed by atoms with E-state index in [9.17, 15) is 14.4 Å². The van der Waals surface area contributed by atoms with Crippen molar-refractivity contribution in [1.29, 1.82) is 0 Å². The summed E-state index contributed by atoms with van der Waals surface area (Å²) in [7, 11) is 0. The van der Waals surface area contributed by atoms with Crippen LogP contribution in [0.2, 0.25) is 0 Å². The Kier molecular flexibility index (Phi) is 6.65. The molecule has 2 amide bonds. The van der Waals surface area contributed by atoms with Crippen LogP contribution < -0.4 is 10.6 Å². The number of nitrogens with one attached hydrogen (secondary N) is 2. The minimum atomic E-state index is -1.09. The summed E-state index contributed by atoms with van der Waals surface area (Å²) in [5, 5.41) is 13.6. The molecule has 3 N–H and O–H groups in total. The number of furan rings is 1. The van der Waals surface area contributed by atoms with Gasteiger partial charge in [-0.05, 0) is 30.6 Å². The lowest BCUT2D eigenvalue weighted by molar-refractivity contribution is -0.141. The first-order valence-corrected chi connectivity index (χ1v) is 7.26. The molecule has 0 bridgehead atoms. The van der Waals surface area contributed by atoms with Crippen LogP contribution in [-0.2, 0) is 9.59 Å². The average Bonchev–Trinajstić information content (AvgIpc) is 2.94. The molecule has 0 aliphatic carbocycles. The fraction of sp³-hybridized carbons (Fsp3) is 0.417. The predicted molar refractivity (Wildman–Crippen MR) is 73.6 cm³/mol. The van der Waals surface area contributed by atoms with Crippen LogP contribution in [0.1, 0.15) is 17.0 Å². The lowest BCUT2D eigenvalue weighted by atomic mass is 10.2. The molecule has 1 heterocycles. The van der Waals surface area contributed by atoms with Crippen LogP contribution in [0.25, 0.3) is 0 Å². The Hall–Kier alpha value is -1.96. The summed E-state index contributed by atoms with van der Waals surface area (Å²) in [4.78, 5) is 34.0. The van der Waals surface area contributed by atoms with Crippen molar-refractivity contribution in [1.82, 2.24) is 10.6 Å². The summed E-state index contributed by atoms with van der Waals surface area (Å²) in [6.45, 7) is -0.303. The first kappa shape index (κ1) is 16.1. The fourth-order valence-electron chi connectivity index (χ4n) is 1.39. The second kappa shape index (κ2) is 8.26. The number of hydrogen-bond donors (Lipinski definition) is 3. The number of carbonyl (C=O) groups excluding carboxylic acids is 2. The van der Waals surface area contributed by atoms with Gasteiger partial charge in [-0.2, -0.15) is 11.8 Å². The van der Waals surface area contributed by atoms with E-state index >= 15 is 0 Å². The number of amides is 2. The highest BCUT2D eigenvalue weighted by atomic mass is 32.2. The Balaban J connectivity index is 2.38. The Morgan fingerprint density at radius 2 is 2.20 bits per heavy atom. The van der Waals surface area contributed by atoms with Gasteiger partial charge >= 0.3 is 5.97 Å². The largest absolute Gasteiger partial charge is 0.480 e. The van der Waals surface area contributed by atoms with Gasteiger partial charge in [0.1, 0.15) is 6.04 Å². The van der Waals surface area contributed by atoms with Gasteiger partial charge in [-0.15, -0.1) is 0 Å². The molecule has 110 valence electrons. The van der Waals surface area contributed by atoms with E-state index in [0.29, 0.717) is 12.2 Å². The van der Waals surface area contributed by atoms with Crippen LogP contribution >= 0.6 is 11.8 Å². The summed E-state index contributed by atoms with van der Waals surface area (Å²) in [6.07, 6.45) is 3.52. The lowest BCUT2D eigenvalue weighted by Gasteiger charge is -2.13. The molecule has 0 aliphatic heterocycles. The van der Waals surface area contributed by atoms with E-state index in [1.165, 1.54) is 24.1 Å². The number of hydrogen-bond acceptors (Lipinski definition) is 5. The van der Waals surface area contributed by atoms with Gasteiger partial charge in [0, 0.05) is 0 Å². The van der Waals surface area contributed by atoms with Gasteiger partial charge in [0.2, 0.25) is 5.91 Å². The summed E-state index contributed by atoms with van der Waals surface area (Å²) in [5.41, 5.74) is 0. The molecule has 1 aromatic heterocycles. The Labute approximate surface area is 120 Å². The molecule has 7 nitrogen and oxygen atoms in total. The molecule has 1 aromatic rings. The van der Waals surface area contributed by atoms with Gasteiger partial charge in [0.25, 0.3) is 5.91 Å². The second-order valence-electron chi connectivity index (χ2n) is 3.90. The van der Waals surface area contributed by atoms with Crippen molar-refractivity contribution in [3.8, 4) is 0 Å². The summed E-state index contributed by atoms with van der Waals surface area (Å²) >= 11 is 1.49. The molecule has 0 radical (unpaired) electrons. The van der Waals surface area contributed by atoms with Gasteiger partial charge in [0.15, 0.2) is 5.76 Å². The minimum Gasteiger partial charge on any atom is -0.480 e. The molecule has 0 aromatic carbocycles. The van der Waals surface area contributed by atoms with Crippen LogP contribution in [0.3, 0.4) is 0 Å². The van der Waals surface area contributed by atoms with Crippen molar-refractivity contribution in [2.45, 2.75) is 12.5 Å². The molecule has 0 spiro atoms. The van der Waals surface area contributed by atoms with Crippen LogP contribution in [-0.4, -0.2) is 47.5 Å². The lowest BCUT2D eigenvalue weighted by Crippen LogP contribution is -2.45. The van der Waals surface area contributed by atoms with Gasteiger partial charge in [-0.3, -0.25) is 9.59 Å². The maximum absolute atomic E-state index is 11.6. The highest BCUT2D eigenvalue weighted by molar-refractivity contribution is 7.98. The summed E-state index contributed by atoms with van der Waals surface area (Å²) in [5.74, 6) is -1.46. The molecule has 0 aliphatic rings. The van der Waals surface area contributed by atoms with Gasteiger partial charge in [-0.1, -0.05) is 0 Å². The van der Waals surface area contributed by atoms with Gasteiger partial charge in [0.05, 0.1) is 12.8 Å². The van der Waals surface area contributed by atoms with E-state index in [4.69, 9.17) is 9.52 Å². The van der Waals surface area contributed by atoms with Crippen molar-refractivity contribution in [3.05, 3.63) is 24.2 Å². The van der Waals surface area contributed by atoms with Crippen LogP contribution in [0.5, 0.6) is 0 Å². The molecule has 0 fully saturated rings. The molecule has 1 atom stereocenters. The standard InChI is InChI=1S/C12H16N2O5S/c1-20-6-4-8(12(17)18)14-10(15)7-13-11(16)9-3-2-5-19-9/h2-3,5,8H,4,6-7H2,1H3,(H,13,16)(H,14,15)(H,17,18). The number of carboxylic acids is 1. The monoisotopic (exact) mass is 300 g/mol. The first-order chi connectivity index (χ1) is 9.54. The second-order valence-corrected chi connectivity index (χ2v) is 4.89. The molecule has 0 saturated carbocycles. The molecule has 8 heteroatoms. The normalized spacial score (nSPS) is 11.7. The third-order valence-corrected chi connectivity index (χ3v) is 3.04. The highest BCUT2D eigenvalue weighted by Crippen LogP contribution is 2.01. The zero-order valence-corrected chi connectivity index (χ0v) is 11.7. The molecular weight excluding hydrogens is 284 g/mol. The predicted octanol–water partition coefficient (Wildman–Crippen LogP) is 0.332. The van der Waals surface area contributed by atoms with E-state index in [-0.39, 0.29) is 12.3 Å². The Morgan fingerprint density at radius 1 is 1.45 bits per heavy atom. The van der Waals surface area contributed by atoms with E-state index in [2.05, 4.69) is 10.6 Å². The molecular formula is C12H16N2O5S. The van der Waals surface area contributed by atoms with Crippen molar-refractivity contribution >= 4 is 29.5 Å². The van der Waals surface area contributed by atoms with E-state index < -0.39 is 23.8 Å². The third-order valence-electron chi connectivity index (χ3n) is 2.40. The van der Waals surface area contributed by atoms with Crippen molar-refractivity contribution in [3.63, 3.8) is 0 Å². The quantitative estimate of drug-likeness (QED) is 0.638. The van der Waals surface area contributed by atoms with E-state index in [0.717, 1.165) is 0 Å². The molecule has 1 unspecified atom stereocenters. The topological polar surface area (TPSA) is 109 Å². The van der Waals surface area contributed by atoms with Crippen LogP contribution in [0, 0.1) is 0 Å². The van der Waals surface area contributed by atoms with Gasteiger partial charge in [-0.25, -0.2) is 4.79 Å². The van der Waals surface area contributed by atoms with E-state index in [1.807, 2.05) is 6.26 Å². The van der Waals surface area contributed by atoms with Crippen molar-refractivity contribution < 1.29 is 23.9 Å². The number of carboxylic acid groups (broad SMARTS) is 1. The molecule has 20 heavy (non-hydrogen) atoms. The molecule has 0 saturated heterocycles.